The fourth-order valence-electron chi connectivity index (χ4n) is 2.70. The summed E-state index contributed by atoms with van der Waals surface area (Å²) >= 11 is 1.73. The quantitative estimate of drug-likeness (QED) is 0.904. The fraction of sp³-hybridized carbons (Fsp3) is 0.600. The number of aryl methyl sites for hydroxylation is 1. The summed E-state index contributed by atoms with van der Waals surface area (Å²) in [7, 11) is 0. The van der Waals surface area contributed by atoms with Crippen molar-refractivity contribution in [2.24, 2.45) is 11.7 Å². The molecule has 2 amide bonds. The minimum atomic E-state index is -0.284. The first-order chi connectivity index (χ1) is 9.58. The standard InChI is InChI=1S/C15H22N2O2S/c1-11-7-8-12(15(16)19)10-17(11)14(18)6-2-4-13-5-3-9-20-13/h3,5,9,11-12H,2,4,6-8,10H2,1H3,(H2,16,19)/t11-,12-/m0/s1. The van der Waals surface area contributed by atoms with Gasteiger partial charge in [-0.3, -0.25) is 9.59 Å². The van der Waals surface area contributed by atoms with Gasteiger partial charge in [0.05, 0.1) is 5.92 Å². The second-order valence-electron chi connectivity index (χ2n) is 5.50. The molecular formula is C15H22N2O2S. The molecule has 2 N–H and O–H groups in total. The third kappa shape index (κ3) is 3.82. The molecule has 1 aromatic rings. The van der Waals surface area contributed by atoms with Crippen LogP contribution in [0.4, 0.5) is 0 Å². The first-order valence-corrected chi connectivity index (χ1v) is 8.07. The Kier molecular flexibility index (Phi) is 5.17. The first-order valence-electron chi connectivity index (χ1n) is 7.19. The molecule has 110 valence electrons. The highest BCUT2D eigenvalue weighted by atomic mass is 32.1. The maximum absolute atomic E-state index is 12.3. The van der Waals surface area contributed by atoms with E-state index in [0.717, 1.165) is 25.7 Å². The van der Waals surface area contributed by atoms with Gasteiger partial charge in [-0.05, 0) is 44.1 Å². The molecule has 1 aromatic heterocycles. The maximum atomic E-state index is 12.3. The number of piperidine rings is 1. The number of hydrogen-bond acceptors (Lipinski definition) is 3. The number of likely N-dealkylation sites (tertiary alicyclic amines) is 1. The minimum absolute atomic E-state index is 0.153. The molecule has 20 heavy (non-hydrogen) atoms. The minimum Gasteiger partial charge on any atom is -0.369 e. The molecule has 1 fully saturated rings. The number of primary amides is 1. The normalized spacial score (nSPS) is 22.8. The van der Waals surface area contributed by atoms with E-state index in [4.69, 9.17) is 5.73 Å². The molecule has 0 radical (unpaired) electrons. The SMILES string of the molecule is C[C@H]1CC[C@H](C(N)=O)CN1C(=O)CCCc1cccs1. The zero-order chi connectivity index (χ0) is 14.5. The van der Waals surface area contributed by atoms with Gasteiger partial charge in [0.25, 0.3) is 0 Å². The number of hydrogen-bond donors (Lipinski definition) is 1. The van der Waals surface area contributed by atoms with Gasteiger partial charge in [-0.1, -0.05) is 6.07 Å². The predicted octanol–water partition coefficient (Wildman–Crippen LogP) is 2.18. The van der Waals surface area contributed by atoms with Gasteiger partial charge in [0, 0.05) is 23.9 Å². The van der Waals surface area contributed by atoms with Crippen molar-refractivity contribution in [1.82, 2.24) is 4.90 Å². The number of nitrogens with zero attached hydrogens (tertiary/aromatic N) is 1. The Morgan fingerprint density at radius 3 is 2.90 bits per heavy atom. The van der Waals surface area contributed by atoms with Crippen LogP contribution in [0, 0.1) is 5.92 Å². The van der Waals surface area contributed by atoms with E-state index in [-0.39, 0.29) is 23.8 Å². The average molecular weight is 294 g/mol. The van der Waals surface area contributed by atoms with Gasteiger partial charge >= 0.3 is 0 Å². The Hall–Kier alpha value is -1.36. The summed E-state index contributed by atoms with van der Waals surface area (Å²) in [6, 6.07) is 4.35. The number of rotatable bonds is 5. The van der Waals surface area contributed by atoms with Crippen LogP contribution in [0.5, 0.6) is 0 Å². The van der Waals surface area contributed by atoms with E-state index < -0.39 is 0 Å². The van der Waals surface area contributed by atoms with Crippen LogP contribution in [0.25, 0.3) is 0 Å². The number of carbonyl (C=O) groups excluding carboxylic acids is 2. The van der Waals surface area contributed by atoms with Crippen molar-refractivity contribution in [3.8, 4) is 0 Å². The number of amides is 2. The van der Waals surface area contributed by atoms with Gasteiger partial charge in [0.1, 0.15) is 0 Å². The van der Waals surface area contributed by atoms with Gasteiger partial charge in [-0.2, -0.15) is 0 Å². The molecule has 5 heteroatoms. The lowest BCUT2D eigenvalue weighted by Gasteiger charge is -2.37. The summed E-state index contributed by atoms with van der Waals surface area (Å²) in [6.07, 6.45) is 4.03. The van der Waals surface area contributed by atoms with E-state index in [1.54, 1.807) is 11.3 Å². The van der Waals surface area contributed by atoms with Crippen LogP contribution in [0.1, 0.15) is 37.5 Å². The van der Waals surface area contributed by atoms with Gasteiger partial charge in [0.15, 0.2) is 0 Å². The summed E-state index contributed by atoms with van der Waals surface area (Å²) in [5.41, 5.74) is 5.36. The third-order valence-electron chi connectivity index (χ3n) is 4.00. The van der Waals surface area contributed by atoms with Crippen LogP contribution in [-0.2, 0) is 16.0 Å². The smallest absolute Gasteiger partial charge is 0.222 e. The van der Waals surface area contributed by atoms with Crippen molar-refractivity contribution in [2.75, 3.05) is 6.54 Å². The molecule has 0 spiro atoms. The van der Waals surface area contributed by atoms with E-state index in [0.29, 0.717) is 13.0 Å². The lowest BCUT2D eigenvalue weighted by molar-refractivity contribution is -0.137. The molecule has 0 aromatic carbocycles. The largest absolute Gasteiger partial charge is 0.369 e. The summed E-state index contributed by atoms with van der Waals surface area (Å²) in [6.45, 7) is 2.54. The molecule has 1 aliphatic rings. The van der Waals surface area contributed by atoms with Crippen LogP contribution in [0.15, 0.2) is 17.5 Å². The van der Waals surface area contributed by atoms with Gasteiger partial charge in [-0.25, -0.2) is 0 Å². The molecule has 1 saturated heterocycles. The van der Waals surface area contributed by atoms with Gasteiger partial charge in [-0.15, -0.1) is 11.3 Å². The molecule has 4 nitrogen and oxygen atoms in total. The second kappa shape index (κ2) is 6.88. The average Bonchev–Trinajstić information content (AvgIpc) is 2.92. The third-order valence-corrected chi connectivity index (χ3v) is 4.93. The summed E-state index contributed by atoms with van der Waals surface area (Å²) in [4.78, 5) is 26.7. The molecule has 1 aliphatic heterocycles. The van der Waals surface area contributed by atoms with Crippen molar-refractivity contribution in [3.63, 3.8) is 0 Å². The van der Waals surface area contributed by atoms with Gasteiger partial charge < -0.3 is 10.6 Å². The van der Waals surface area contributed by atoms with Crippen LogP contribution in [0.3, 0.4) is 0 Å². The van der Waals surface area contributed by atoms with E-state index >= 15 is 0 Å². The number of carbonyl (C=O) groups is 2. The maximum Gasteiger partial charge on any atom is 0.222 e. The topological polar surface area (TPSA) is 63.4 Å². The zero-order valence-corrected chi connectivity index (χ0v) is 12.7. The van der Waals surface area contributed by atoms with Crippen molar-refractivity contribution < 1.29 is 9.59 Å². The predicted molar refractivity (Wildman–Crippen MR) is 80.4 cm³/mol. The molecule has 2 rings (SSSR count). The van der Waals surface area contributed by atoms with Crippen LogP contribution < -0.4 is 5.73 Å². The van der Waals surface area contributed by atoms with Gasteiger partial charge in [0.2, 0.25) is 11.8 Å². The Morgan fingerprint density at radius 1 is 1.45 bits per heavy atom. The molecule has 0 unspecified atom stereocenters. The van der Waals surface area contributed by atoms with Crippen molar-refractivity contribution in [3.05, 3.63) is 22.4 Å². The van der Waals surface area contributed by atoms with E-state index in [1.807, 2.05) is 17.9 Å². The summed E-state index contributed by atoms with van der Waals surface area (Å²) < 4.78 is 0. The number of nitrogens with two attached hydrogens (primary N) is 1. The number of thiophene rings is 1. The molecule has 0 saturated carbocycles. The molecule has 0 bridgehead atoms. The van der Waals surface area contributed by atoms with Crippen molar-refractivity contribution >= 4 is 23.2 Å². The van der Waals surface area contributed by atoms with Crippen LogP contribution in [-0.4, -0.2) is 29.3 Å². The molecular weight excluding hydrogens is 272 g/mol. The lowest BCUT2D eigenvalue weighted by Crippen LogP contribution is -2.48. The Labute approximate surface area is 124 Å². The van der Waals surface area contributed by atoms with E-state index in [9.17, 15) is 9.59 Å². The van der Waals surface area contributed by atoms with Crippen LogP contribution in [0.2, 0.25) is 0 Å². The highest BCUT2D eigenvalue weighted by molar-refractivity contribution is 7.09. The monoisotopic (exact) mass is 294 g/mol. The van der Waals surface area contributed by atoms with Crippen molar-refractivity contribution in [1.29, 1.82) is 0 Å². The molecule has 2 heterocycles. The summed E-state index contributed by atoms with van der Waals surface area (Å²) in [5, 5.41) is 2.06. The van der Waals surface area contributed by atoms with E-state index in [2.05, 4.69) is 11.4 Å². The van der Waals surface area contributed by atoms with Crippen LogP contribution >= 0.6 is 11.3 Å². The van der Waals surface area contributed by atoms with Crippen molar-refractivity contribution in [2.45, 2.75) is 45.1 Å². The fourth-order valence-corrected chi connectivity index (χ4v) is 3.45. The highest BCUT2D eigenvalue weighted by Gasteiger charge is 2.31. The molecule has 2 atom stereocenters. The Balaban J connectivity index is 1.82. The highest BCUT2D eigenvalue weighted by Crippen LogP contribution is 2.23. The zero-order valence-electron chi connectivity index (χ0n) is 11.9. The molecule has 0 aliphatic carbocycles. The Bertz CT molecular complexity index is 458. The first kappa shape index (κ1) is 15.0. The van der Waals surface area contributed by atoms with E-state index in [1.165, 1.54) is 4.88 Å². The second-order valence-corrected chi connectivity index (χ2v) is 6.54. The lowest BCUT2D eigenvalue weighted by atomic mass is 9.92. The summed E-state index contributed by atoms with van der Waals surface area (Å²) in [5.74, 6) is -0.305. The Morgan fingerprint density at radius 2 is 2.25 bits per heavy atom.